The zero-order valence-corrected chi connectivity index (χ0v) is 13.2. The van der Waals surface area contributed by atoms with Crippen LogP contribution >= 0.6 is 27.5 Å². The Hall–Kier alpha value is -1.10. The van der Waals surface area contributed by atoms with Gasteiger partial charge < -0.3 is 10.5 Å². The SMILES string of the molecule is CC(N)C(Oc1ccc(F)c(Cl)c1)c1ccccc1Br. The van der Waals surface area contributed by atoms with Crippen molar-refractivity contribution >= 4 is 27.5 Å². The fraction of sp³-hybridized carbons (Fsp3) is 0.200. The Morgan fingerprint density at radius 2 is 1.95 bits per heavy atom. The Morgan fingerprint density at radius 3 is 2.55 bits per heavy atom. The van der Waals surface area contributed by atoms with Crippen molar-refractivity contribution in [2.24, 2.45) is 5.73 Å². The number of hydrogen-bond donors (Lipinski definition) is 1. The second-order valence-electron chi connectivity index (χ2n) is 4.49. The third-order valence-corrected chi connectivity index (χ3v) is 3.86. The molecule has 0 heterocycles. The Balaban J connectivity index is 2.31. The number of ether oxygens (including phenoxy) is 1. The zero-order chi connectivity index (χ0) is 14.7. The summed E-state index contributed by atoms with van der Waals surface area (Å²) in [5.74, 6) is 0.00621. The van der Waals surface area contributed by atoms with Crippen molar-refractivity contribution in [1.82, 2.24) is 0 Å². The summed E-state index contributed by atoms with van der Waals surface area (Å²) in [7, 11) is 0. The topological polar surface area (TPSA) is 35.2 Å². The molecule has 0 spiro atoms. The molecule has 0 aliphatic heterocycles. The number of halogens is 3. The molecule has 0 aliphatic rings. The summed E-state index contributed by atoms with van der Waals surface area (Å²) in [5.41, 5.74) is 6.93. The quantitative estimate of drug-likeness (QED) is 0.859. The summed E-state index contributed by atoms with van der Waals surface area (Å²) in [4.78, 5) is 0. The van der Waals surface area contributed by atoms with Crippen molar-refractivity contribution < 1.29 is 9.13 Å². The van der Waals surface area contributed by atoms with E-state index in [-0.39, 0.29) is 17.2 Å². The Labute approximate surface area is 130 Å². The fourth-order valence-electron chi connectivity index (χ4n) is 1.86. The highest BCUT2D eigenvalue weighted by molar-refractivity contribution is 9.10. The Bertz CT molecular complexity index is 606. The van der Waals surface area contributed by atoms with Crippen LogP contribution in [-0.2, 0) is 0 Å². The molecule has 0 saturated heterocycles. The summed E-state index contributed by atoms with van der Waals surface area (Å²) in [6.45, 7) is 1.86. The van der Waals surface area contributed by atoms with Crippen LogP contribution in [0.5, 0.6) is 5.75 Å². The number of hydrogen-bond acceptors (Lipinski definition) is 2. The first-order valence-corrected chi connectivity index (χ1v) is 7.28. The van der Waals surface area contributed by atoms with Crippen LogP contribution in [0.4, 0.5) is 4.39 Å². The lowest BCUT2D eigenvalue weighted by molar-refractivity contribution is 0.179. The smallest absolute Gasteiger partial charge is 0.142 e. The molecule has 0 amide bonds. The summed E-state index contributed by atoms with van der Waals surface area (Å²) in [5, 5.41) is 0.0260. The first-order valence-electron chi connectivity index (χ1n) is 6.10. The van der Waals surface area contributed by atoms with Crippen LogP contribution in [0.1, 0.15) is 18.6 Å². The van der Waals surface area contributed by atoms with Gasteiger partial charge in [-0.2, -0.15) is 0 Å². The van der Waals surface area contributed by atoms with Gasteiger partial charge in [-0.05, 0) is 25.1 Å². The molecule has 2 atom stereocenters. The minimum atomic E-state index is -0.475. The highest BCUT2D eigenvalue weighted by Crippen LogP contribution is 2.31. The number of rotatable bonds is 4. The second-order valence-corrected chi connectivity index (χ2v) is 5.76. The Kier molecular flexibility index (Phi) is 5.02. The molecule has 0 saturated carbocycles. The maximum absolute atomic E-state index is 13.2. The van der Waals surface area contributed by atoms with E-state index in [1.807, 2.05) is 31.2 Å². The predicted octanol–water partition coefficient (Wildman–Crippen LogP) is 4.71. The monoisotopic (exact) mass is 357 g/mol. The second kappa shape index (κ2) is 6.57. The lowest BCUT2D eigenvalue weighted by Crippen LogP contribution is -2.29. The summed E-state index contributed by atoms with van der Waals surface area (Å²) >= 11 is 9.24. The zero-order valence-electron chi connectivity index (χ0n) is 10.8. The molecule has 0 aromatic heterocycles. The van der Waals surface area contributed by atoms with Crippen LogP contribution in [0.15, 0.2) is 46.9 Å². The maximum Gasteiger partial charge on any atom is 0.142 e. The van der Waals surface area contributed by atoms with E-state index in [1.165, 1.54) is 18.2 Å². The van der Waals surface area contributed by atoms with Gasteiger partial charge in [0.15, 0.2) is 0 Å². The van der Waals surface area contributed by atoms with E-state index in [4.69, 9.17) is 22.1 Å². The summed E-state index contributed by atoms with van der Waals surface area (Å²) in [6, 6.07) is 11.7. The minimum absolute atomic E-state index is 0.0260. The van der Waals surface area contributed by atoms with Crippen molar-refractivity contribution in [3.8, 4) is 5.75 Å². The van der Waals surface area contributed by atoms with Crippen molar-refractivity contribution in [2.75, 3.05) is 0 Å². The van der Waals surface area contributed by atoms with Crippen molar-refractivity contribution in [3.63, 3.8) is 0 Å². The van der Waals surface area contributed by atoms with E-state index in [9.17, 15) is 4.39 Å². The molecule has 2 aromatic carbocycles. The molecule has 2 N–H and O–H groups in total. The van der Waals surface area contributed by atoms with Gasteiger partial charge in [0.25, 0.3) is 0 Å². The summed E-state index contributed by atoms with van der Waals surface area (Å²) < 4.78 is 19.9. The standard InChI is InChI=1S/C15H14BrClFNO/c1-9(19)15(11-4-2-3-5-12(11)16)20-10-6-7-14(18)13(17)8-10/h2-9,15H,19H2,1H3. The number of benzene rings is 2. The molecular formula is C15H14BrClFNO. The maximum atomic E-state index is 13.2. The molecule has 5 heteroatoms. The highest BCUT2D eigenvalue weighted by Gasteiger charge is 2.20. The normalized spacial score (nSPS) is 13.8. The molecule has 2 nitrogen and oxygen atoms in total. The van der Waals surface area contributed by atoms with Gasteiger partial charge in [-0.15, -0.1) is 0 Å². The van der Waals surface area contributed by atoms with Gasteiger partial charge in [0, 0.05) is 22.1 Å². The molecule has 0 aliphatic carbocycles. The van der Waals surface area contributed by atoms with Gasteiger partial charge in [-0.1, -0.05) is 45.7 Å². The van der Waals surface area contributed by atoms with Crippen LogP contribution in [0.3, 0.4) is 0 Å². The van der Waals surface area contributed by atoms with Gasteiger partial charge in [0.05, 0.1) is 5.02 Å². The molecule has 2 unspecified atom stereocenters. The van der Waals surface area contributed by atoms with Crippen LogP contribution in [0, 0.1) is 5.82 Å². The summed E-state index contributed by atoms with van der Waals surface area (Å²) in [6.07, 6.45) is -0.355. The van der Waals surface area contributed by atoms with E-state index in [0.29, 0.717) is 5.75 Å². The lowest BCUT2D eigenvalue weighted by atomic mass is 10.0. The van der Waals surface area contributed by atoms with Crippen molar-refractivity contribution in [2.45, 2.75) is 19.1 Å². The molecule has 0 bridgehead atoms. The molecule has 106 valence electrons. The lowest BCUT2D eigenvalue weighted by Gasteiger charge is -2.24. The van der Waals surface area contributed by atoms with Crippen LogP contribution < -0.4 is 10.5 Å². The van der Waals surface area contributed by atoms with Crippen molar-refractivity contribution in [1.29, 1.82) is 0 Å². The molecule has 20 heavy (non-hydrogen) atoms. The molecule has 2 rings (SSSR count). The third kappa shape index (κ3) is 3.51. The van der Waals surface area contributed by atoms with Crippen LogP contribution in [0.25, 0.3) is 0 Å². The van der Waals surface area contributed by atoms with E-state index in [1.54, 1.807) is 0 Å². The Morgan fingerprint density at radius 1 is 1.25 bits per heavy atom. The van der Waals surface area contributed by atoms with Crippen LogP contribution in [-0.4, -0.2) is 6.04 Å². The van der Waals surface area contributed by atoms with E-state index < -0.39 is 5.82 Å². The van der Waals surface area contributed by atoms with E-state index in [2.05, 4.69) is 15.9 Å². The van der Waals surface area contributed by atoms with Gasteiger partial charge in [-0.3, -0.25) is 0 Å². The molecule has 0 radical (unpaired) electrons. The average Bonchev–Trinajstić information content (AvgIpc) is 2.41. The molecular weight excluding hydrogens is 345 g/mol. The average molecular weight is 359 g/mol. The molecule has 2 aromatic rings. The van der Waals surface area contributed by atoms with E-state index in [0.717, 1.165) is 10.0 Å². The third-order valence-electron chi connectivity index (χ3n) is 2.84. The highest BCUT2D eigenvalue weighted by atomic mass is 79.9. The van der Waals surface area contributed by atoms with Gasteiger partial charge in [0.1, 0.15) is 17.7 Å². The fourth-order valence-corrected chi connectivity index (χ4v) is 2.54. The van der Waals surface area contributed by atoms with Crippen LogP contribution in [0.2, 0.25) is 5.02 Å². The first kappa shape index (κ1) is 15.3. The van der Waals surface area contributed by atoms with E-state index >= 15 is 0 Å². The first-order chi connectivity index (χ1) is 9.49. The largest absolute Gasteiger partial charge is 0.484 e. The van der Waals surface area contributed by atoms with Gasteiger partial charge in [-0.25, -0.2) is 4.39 Å². The van der Waals surface area contributed by atoms with Crippen molar-refractivity contribution in [3.05, 3.63) is 63.3 Å². The number of nitrogens with two attached hydrogens (primary N) is 1. The predicted molar refractivity (Wildman–Crippen MR) is 82.6 cm³/mol. The molecule has 0 fully saturated rings. The minimum Gasteiger partial charge on any atom is -0.484 e. The van der Waals surface area contributed by atoms with Gasteiger partial charge >= 0.3 is 0 Å². The van der Waals surface area contributed by atoms with Gasteiger partial charge in [0.2, 0.25) is 0 Å².